The van der Waals surface area contributed by atoms with Crippen molar-refractivity contribution in [2.24, 2.45) is 5.73 Å². The molecule has 0 saturated heterocycles. The quantitative estimate of drug-likeness (QED) is 0.868. The molecular weight excluding hydrogens is 258 g/mol. The van der Waals surface area contributed by atoms with Crippen LogP contribution in [0.1, 0.15) is 36.0 Å². The molecule has 20 heavy (non-hydrogen) atoms. The minimum Gasteiger partial charge on any atom is -0.497 e. The first kappa shape index (κ1) is 12.9. The van der Waals surface area contributed by atoms with E-state index < -0.39 is 0 Å². The summed E-state index contributed by atoms with van der Waals surface area (Å²) in [6.07, 6.45) is 2.29. The Morgan fingerprint density at radius 2 is 2.25 bits per heavy atom. The van der Waals surface area contributed by atoms with E-state index in [9.17, 15) is 0 Å². The zero-order chi connectivity index (χ0) is 13.9. The fourth-order valence-corrected chi connectivity index (χ4v) is 1.94. The van der Waals surface area contributed by atoms with E-state index in [1.165, 1.54) is 0 Å². The molecule has 1 aliphatic rings. The van der Waals surface area contributed by atoms with Crippen LogP contribution in [0.15, 0.2) is 22.7 Å². The first-order valence-corrected chi connectivity index (χ1v) is 6.62. The second-order valence-corrected chi connectivity index (χ2v) is 4.79. The van der Waals surface area contributed by atoms with Gasteiger partial charge >= 0.3 is 0 Å². The number of nitrogens with zero attached hydrogens (tertiary/aromatic N) is 2. The van der Waals surface area contributed by atoms with E-state index in [1.807, 2.05) is 12.1 Å². The minimum absolute atomic E-state index is 0.236. The average Bonchev–Trinajstić information content (AvgIpc) is 3.24. The summed E-state index contributed by atoms with van der Waals surface area (Å²) >= 11 is 0. The van der Waals surface area contributed by atoms with E-state index in [-0.39, 0.29) is 6.61 Å². The number of hydrogen-bond donors (Lipinski definition) is 1. The third-order valence-corrected chi connectivity index (χ3v) is 3.27. The van der Waals surface area contributed by atoms with Crippen molar-refractivity contribution in [3.63, 3.8) is 0 Å². The van der Waals surface area contributed by atoms with Crippen LogP contribution in [0.3, 0.4) is 0 Å². The molecule has 2 N–H and O–H groups in total. The van der Waals surface area contributed by atoms with Crippen molar-refractivity contribution in [1.29, 1.82) is 0 Å². The van der Waals surface area contributed by atoms with Gasteiger partial charge in [0.15, 0.2) is 12.4 Å². The summed E-state index contributed by atoms with van der Waals surface area (Å²) in [4.78, 5) is 4.32. The number of ether oxygens (including phenoxy) is 2. The molecule has 0 atom stereocenters. The number of benzene rings is 1. The average molecular weight is 275 g/mol. The zero-order valence-electron chi connectivity index (χ0n) is 11.3. The molecule has 1 aromatic carbocycles. The van der Waals surface area contributed by atoms with Crippen LogP contribution in [0.4, 0.5) is 0 Å². The highest BCUT2D eigenvalue weighted by Crippen LogP contribution is 2.38. The monoisotopic (exact) mass is 275 g/mol. The standard InChI is InChI=1S/C14H17N3O3/c1-18-11-5-4-10(7-15)12(6-11)19-8-13-16-14(17-20-13)9-2-3-9/h4-6,9H,2-3,7-8,15H2,1H3. The van der Waals surface area contributed by atoms with Gasteiger partial charge in [0.05, 0.1) is 7.11 Å². The molecule has 106 valence electrons. The smallest absolute Gasteiger partial charge is 0.264 e. The number of methoxy groups -OCH3 is 1. The first-order valence-electron chi connectivity index (χ1n) is 6.62. The van der Waals surface area contributed by atoms with Crippen LogP contribution in [-0.2, 0) is 13.2 Å². The van der Waals surface area contributed by atoms with Crippen molar-refractivity contribution in [2.75, 3.05) is 7.11 Å². The van der Waals surface area contributed by atoms with Crippen LogP contribution in [0.25, 0.3) is 0 Å². The van der Waals surface area contributed by atoms with Crippen molar-refractivity contribution in [2.45, 2.75) is 31.9 Å². The summed E-state index contributed by atoms with van der Waals surface area (Å²) in [5, 5.41) is 3.95. The van der Waals surface area contributed by atoms with E-state index in [0.29, 0.717) is 24.1 Å². The van der Waals surface area contributed by atoms with Crippen molar-refractivity contribution in [3.05, 3.63) is 35.5 Å². The van der Waals surface area contributed by atoms with Gasteiger partial charge < -0.3 is 19.7 Å². The topological polar surface area (TPSA) is 83.4 Å². The molecule has 0 spiro atoms. The Bertz CT molecular complexity index is 593. The van der Waals surface area contributed by atoms with Crippen LogP contribution in [0.5, 0.6) is 11.5 Å². The second kappa shape index (κ2) is 5.50. The van der Waals surface area contributed by atoms with Gasteiger partial charge in [-0.1, -0.05) is 11.2 Å². The molecule has 1 heterocycles. The highest BCUT2D eigenvalue weighted by Gasteiger charge is 2.28. The predicted molar refractivity (Wildman–Crippen MR) is 71.5 cm³/mol. The number of rotatable bonds is 6. The number of hydrogen-bond acceptors (Lipinski definition) is 6. The largest absolute Gasteiger partial charge is 0.497 e. The van der Waals surface area contributed by atoms with Gasteiger partial charge in [-0.05, 0) is 18.9 Å². The molecule has 1 aliphatic carbocycles. The van der Waals surface area contributed by atoms with Crippen molar-refractivity contribution >= 4 is 0 Å². The molecule has 3 rings (SSSR count). The lowest BCUT2D eigenvalue weighted by Gasteiger charge is -2.10. The third kappa shape index (κ3) is 2.75. The molecule has 0 aliphatic heterocycles. The summed E-state index contributed by atoms with van der Waals surface area (Å²) in [7, 11) is 1.61. The molecule has 0 bridgehead atoms. The molecule has 0 amide bonds. The number of nitrogens with two attached hydrogens (primary N) is 1. The summed E-state index contributed by atoms with van der Waals surface area (Å²) in [6.45, 7) is 0.635. The molecule has 1 fully saturated rings. The van der Waals surface area contributed by atoms with Gasteiger partial charge in [0.2, 0.25) is 0 Å². The van der Waals surface area contributed by atoms with Crippen molar-refractivity contribution in [1.82, 2.24) is 10.1 Å². The maximum Gasteiger partial charge on any atom is 0.264 e. The highest BCUT2D eigenvalue weighted by molar-refractivity contribution is 5.40. The Kier molecular flexibility index (Phi) is 3.56. The Balaban J connectivity index is 1.69. The lowest BCUT2D eigenvalue weighted by atomic mass is 10.2. The van der Waals surface area contributed by atoms with Gasteiger partial charge in [0.25, 0.3) is 5.89 Å². The molecule has 0 unspecified atom stereocenters. The molecule has 1 aromatic heterocycles. The van der Waals surface area contributed by atoms with E-state index in [2.05, 4.69) is 10.1 Å². The van der Waals surface area contributed by atoms with E-state index in [1.54, 1.807) is 13.2 Å². The lowest BCUT2D eigenvalue weighted by Crippen LogP contribution is -2.03. The fourth-order valence-electron chi connectivity index (χ4n) is 1.94. The van der Waals surface area contributed by atoms with Crippen LogP contribution in [-0.4, -0.2) is 17.3 Å². The van der Waals surface area contributed by atoms with Crippen LogP contribution >= 0.6 is 0 Å². The Morgan fingerprint density at radius 1 is 1.40 bits per heavy atom. The summed E-state index contributed by atoms with van der Waals surface area (Å²) in [5.41, 5.74) is 6.60. The van der Waals surface area contributed by atoms with Gasteiger partial charge in [-0.15, -0.1) is 0 Å². The van der Waals surface area contributed by atoms with E-state index in [4.69, 9.17) is 19.7 Å². The van der Waals surface area contributed by atoms with E-state index >= 15 is 0 Å². The maximum atomic E-state index is 5.71. The van der Waals surface area contributed by atoms with Gasteiger partial charge in [-0.2, -0.15) is 4.98 Å². The molecular formula is C14H17N3O3. The van der Waals surface area contributed by atoms with Gasteiger partial charge in [0, 0.05) is 24.1 Å². The molecule has 6 heteroatoms. The molecule has 6 nitrogen and oxygen atoms in total. The van der Waals surface area contributed by atoms with Crippen molar-refractivity contribution in [3.8, 4) is 11.5 Å². The Hall–Kier alpha value is -2.08. The summed E-state index contributed by atoms with van der Waals surface area (Å²) in [6, 6.07) is 5.55. The molecule has 2 aromatic rings. The van der Waals surface area contributed by atoms with E-state index in [0.717, 1.165) is 30.0 Å². The van der Waals surface area contributed by atoms with Gasteiger partial charge in [0.1, 0.15) is 11.5 Å². The highest BCUT2D eigenvalue weighted by atomic mass is 16.5. The second-order valence-electron chi connectivity index (χ2n) is 4.79. The SMILES string of the molecule is COc1ccc(CN)c(OCc2nc(C3CC3)no2)c1. The van der Waals surface area contributed by atoms with Crippen LogP contribution in [0.2, 0.25) is 0 Å². The van der Waals surface area contributed by atoms with Crippen molar-refractivity contribution < 1.29 is 14.0 Å². The van der Waals surface area contributed by atoms with Crippen LogP contribution < -0.4 is 15.2 Å². The first-order chi connectivity index (χ1) is 9.80. The van der Waals surface area contributed by atoms with Crippen LogP contribution in [0, 0.1) is 0 Å². The molecule has 0 radical (unpaired) electrons. The zero-order valence-corrected chi connectivity index (χ0v) is 11.3. The third-order valence-electron chi connectivity index (χ3n) is 3.27. The van der Waals surface area contributed by atoms with Gasteiger partial charge in [-0.3, -0.25) is 0 Å². The van der Waals surface area contributed by atoms with Gasteiger partial charge in [-0.25, -0.2) is 0 Å². The summed E-state index contributed by atoms with van der Waals surface area (Å²) < 4.78 is 16.1. The molecule has 1 saturated carbocycles. The minimum atomic E-state index is 0.236. The maximum absolute atomic E-state index is 5.71. The Labute approximate surface area is 116 Å². The lowest BCUT2D eigenvalue weighted by molar-refractivity contribution is 0.239. The predicted octanol–water partition coefficient (Wildman–Crippen LogP) is 1.99. The summed E-state index contributed by atoms with van der Waals surface area (Å²) in [5.74, 6) is 3.15. The number of aromatic nitrogens is 2. The normalized spacial score (nSPS) is 14.3. The Morgan fingerprint density at radius 3 is 2.95 bits per heavy atom. The fraction of sp³-hybridized carbons (Fsp3) is 0.429.